The van der Waals surface area contributed by atoms with Gasteiger partial charge in [-0.2, -0.15) is 8.78 Å². The van der Waals surface area contributed by atoms with Crippen LogP contribution < -0.4 is 5.32 Å². The van der Waals surface area contributed by atoms with Crippen LogP contribution in [0.2, 0.25) is 0 Å². The number of nitrogens with zero attached hydrogens (tertiary/aromatic N) is 1. The minimum atomic E-state index is -3.71. The zero-order valence-corrected chi connectivity index (χ0v) is 14.1. The topological polar surface area (TPSA) is 78.9 Å². The lowest BCUT2D eigenvalue weighted by atomic mass is 9.74. The third-order valence-electron chi connectivity index (χ3n) is 4.28. The molecule has 1 aliphatic rings. The lowest BCUT2D eigenvalue weighted by Gasteiger charge is -2.54. The standard InChI is InChI=1S/C15H26F2N2O4/c1-5-23-11(20)14(16,17)10-18-15(13(2,3)4)8-6-7-9-19(15)12(21)22/h18H,5-10H2,1-4H3,(H,21,22). The normalized spacial score (nSPS) is 22.8. The monoisotopic (exact) mass is 336 g/mol. The second-order valence-corrected chi connectivity index (χ2v) is 6.78. The molecule has 134 valence electrons. The molecule has 1 heterocycles. The van der Waals surface area contributed by atoms with Gasteiger partial charge in [-0.15, -0.1) is 0 Å². The molecule has 0 spiro atoms. The first kappa shape index (κ1) is 19.6. The van der Waals surface area contributed by atoms with Gasteiger partial charge in [-0.25, -0.2) is 9.59 Å². The van der Waals surface area contributed by atoms with Gasteiger partial charge in [0.2, 0.25) is 0 Å². The number of piperidine rings is 1. The Bertz CT molecular complexity index is 451. The molecule has 0 aromatic rings. The first-order chi connectivity index (χ1) is 10.5. The first-order valence-electron chi connectivity index (χ1n) is 7.78. The van der Waals surface area contributed by atoms with Crippen molar-refractivity contribution in [2.24, 2.45) is 5.41 Å². The van der Waals surface area contributed by atoms with E-state index < -0.39 is 35.6 Å². The Morgan fingerprint density at radius 2 is 1.91 bits per heavy atom. The molecule has 1 atom stereocenters. The van der Waals surface area contributed by atoms with Gasteiger partial charge in [-0.1, -0.05) is 20.8 Å². The van der Waals surface area contributed by atoms with Crippen molar-refractivity contribution in [1.82, 2.24) is 10.2 Å². The third-order valence-corrected chi connectivity index (χ3v) is 4.28. The third kappa shape index (κ3) is 4.10. The lowest BCUT2D eigenvalue weighted by molar-refractivity contribution is -0.173. The number of carboxylic acid groups (broad SMARTS) is 1. The number of alkyl halides is 2. The Labute approximate surface area is 135 Å². The predicted octanol–water partition coefficient (Wildman–Crippen LogP) is 2.68. The number of amides is 1. The van der Waals surface area contributed by atoms with Crippen LogP contribution in [-0.2, 0) is 9.53 Å². The summed E-state index contributed by atoms with van der Waals surface area (Å²) < 4.78 is 32.3. The highest BCUT2D eigenvalue weighted by atomic mass is 19.3. The Morgan fingerprint density at radius 1 is 1.30 bits per heavy atom. The Balaban J connectivity index is 3.04. The quantitative estimate of drug-likeness (QED) is 0.755. The van der Waals surface area contributed by atoms with Crippen LogP contribution in [0.25, 0.3) is 0 Å². The Morgan fingerprint density at radius 3 is 2.39 bits per heavy atom. The van der Waals surface area contributed by atoms with E-state index in [0.717, 1.165) is 6.42 Å². The number of hydrogen-bond acceptors (Lipinski definition) is 4. The van der Waals surface area contributed by atoms with Crippen LogP contribution in [0.4, 0.5) is 13.6 Å². The summed E-state index contributed by atoms with van der Waals surface area (Å²) in [6.07, 6.45) is 0.646. The van der Waals surface area contributed by atoms with Gasteiger partial charge < -0.3 is 9.84 Å². The zero-order chi connectivity index (χ0) is 17.9. The molecule has 1 amide bonds. The van der Waals surface area contributed by atoms with Crippen molar-refractivity contribution < 1.29 is 28.2 Å². The van der Waals surface area contributed by atoms with E-state index in [1.54, 1.807) is 20.8 Å². The molecule has 1 fully saturated rings. The number of rotatable bonds is 5. The van der Waals surface area contributed by atoms with E-state index in [0.29, 0.717) is 12.8 Å². The smallest absolute Gasteiger partial charge is 0.408 e. The number of halogens is 2. The molecule has 8 heteroatoms. The van der Waals surface area contributed by atoms with E-state index in [1.165, 1.54) is 11.8 Å². The van der Waals surface area contributed by atoms with E-state index in [-0.39, 0.29) is 13.2 Å². The van der Waals surface area contributed by atoms with Crippen molar-refractivity contribution in [3.05, 3.63) is 0 Å². The van der Waals surface area contributed by atoms with Gasteiger partial charge in [0.05, 0.1) is 13.2 Å². The number of likely N-dealkylation sites (tertiary alicyclic amines) is 1. The van der Waals surface area contributed by atoms with E-state index in [9.17, 15) is 23.5 Å². The average molecular weight is 336 g/mol. The Hall–Kier alpha value is -1.44. The fraction of sp³-hybridized carbons (Fsp3) is 0.867. The maximum absolute atomic E-state index is 13.9. The molecule has 1 unspecified atom stereocenters. The fourth-order valence-electron chi connectivity index (χ4n) is 3.03. The van der Waals surface area contributed by atoms with Crippen LogP contribution in [0.3, 0.4) is 0 Å². The molecular formula is C15H26F2N2O4. The number of carbonyl (C=O) groups excluding carboxylic acids is 1. The Kier molecular flexibility index (Phi) is 5.95. The molecule has 1 rings (SSSR count). The highest BCUT2D eigenvalue weighted by molar-refractivity contribution is 5.77. The molecular weight excluding hydrogens is 310 g/mol. The molecule has 6 nitrogen and oxygen atoms in total. The minimum Gasteiger partial charge on any atom is -0.465 e. The lowest BCUT2D eigenvalue weighted by Crippen LogP contribution is -2.70. The van der Waals surface area contributed by atoms with E-state index in [1.807, 2.05) is 0 Å². The predicted molar refractivity (Wildman–Crippen MR) is 80.4 cm³/mol. The van der Waals surface area contributed by atoms with Gasteiger partial charge in [0.15, 0.2) is 0 Å². The van der Waals surface area contributed by atoms with Gasteiger partial charge in [-0.3, -0.25) is 10.2 Å². The summed E-state index contributed by atoms with van der Waals surface area (Å²) in [4.78, 5) is 24.1. The molecule has 0 aromatic carbocycles. The summed E-state index contributed by atoms with van der Waals surface area (Å²) in [5.41, 5.74) is -1.79. The molecule has 23 heavy (non-hydrogen) atoms. The van der Waals surface area contributed by atoms with Crippen molar-refractivity contribution in [2.75, 3.05) is 19.7 Å². The summed E-state index contributed by atoms with van der Waals surface area (Å²) in [5, 5.41) is 12.1. The number of ether oxygens (including phenoxy) is 1. The van der Waals surface area contributed by atoms with Crippen LogP contribution in [0.15, 0.2) is 0 Å². The van der Waals surface area contributed by atoms with Crippen LogP contribution in [0.1, 0.15) is 47.0 Å². The average Bonchev–Trinajstić information content (AvgIpc) is 2.44. The second kappa shape index (κ2) is 6.98. The van der Waals surface area contributed by atoms with Crippen molar-refractivity contribution in [3.8, 4) is 0 Å². The minimum absolute atomic E-state index is 0.139. The van der Waals surface area contributed by atoms with Crippen LogP contribution in [0, 0.1) is 5.41 Å². The molecule has 0 aliphatic carbocycles. The highest BCUT2D eigenvalue weighted by Crippen LogP contribution is 2.41. The van der Waals surface area contributed by atoms with Crippen LogP contribution in [-0.4, -0.2) is 53.4 Å². The summed E-state index contributed by atoms with van der Waals surface area (Å²) in [7, 11) is 0. The molecule has 0 radical (unpaired) electrons. The van der Waals surface area contributed by atoms with Crippen molar-refractivity contribution in [3.63, 3.8) is 0 Å². The summed E-state index contributed by atoms with van der Waals surface area (Å²) >= 11 is 0. The van der Waals surface area contributed by atoms with Gasteiger partial charge in [0.25, 0.3) is 0 Å². The number of hydrogen-bond donors (Lipinski definition) is 2. The maximum Gasteiger partial charge on any atom is 0.408 e. The van der Waals surface area contributed by atoms with E-state index in [4.69, 9.17) is 0 Å². The molecule has 0 saturated carbocycles. The van der Waals surface area contributed by atoms with E-state index >= 15 is 0 Å². The van der Waals surface area contributed by atoms with Crippen LogP contribution in [0.5, 0.6) is 0 Å². The first-order valence-corrected chi connectivity index (χ1v) is 7.78. The van der Waals surface area contributed by atoms with Crippen LogP contribution >= 0.6 is 0 Å². The van der Waals surface area contributed by atoms with Crippen molar-refractivity contribution >= 4 is 12.1 Å². The van der Waals surface area contributed by atoms with Gasteiger partial charge >= 0.3 is 18.0 Å². The summed E-state index contributed by atoms with van der Waals surface area (Å²) in [6.45, 7) is 6.00. The number of carbonyl (C=O) groups is 2. The second-order valence-electron chi connectivity index (χ2n) is 6.78. The molecule has 2 N–H and O–H groups in total. The largest absolute Gasteiger partial charge is 0.465 e. The van der Waals surface area contributed by atoms with E-state index in [2.05, 4.69) is 10.1 Å². The van der Waals surface area contributed by atoms with Crippen molar-refractivity contribution in [1.29, 1.82) is 0 Å². The zero-order valence-electron chi connectivity index (χ0n) is 14.1. The summed E-state index contributed by atoms with van der Waals surface area (Å²) in [5.74, 6) is -5.31. The number of nitrogens with one attached hydrogen (secondary N) is 1. The summed E-state index contributed by atoms with van der Waals surface area (Å²) in [6, 6.07) is 0. The fourth-order valence-corrected chi connectivity index (χ4v) is 3.03. The van der Waals surface area contributed by atoms with Gasteiger partial charge in [-0.05, 0) is 31.6 Å². The molecule has 1 saturated heterocycles. The molecule has 0 bridgehead atoms. The van der Waals surface area contributed by atoms with Crippen molar-refractivity contribution in [2.45, 2.75) is 58.5 Å². The number of esters is 1. The van der Waals surface area contributed by atoms with Gasteiger partial charge in [0.1, 0.15) is 5.66 Å². The van der Waals surface area contributed by atoms with Gasteiger partial charge in [0, 0.05) is 6.54 Å². The molecule has 1 aliphatic heterocycles. The SMILES string of the molecule is CCOC(=O)C(F)(F)CNC1(C(C)(C)C)CCCCN1C(=O)O. The maximum atomic E-state index is 13.9. The highest BCUT2D eigenvalue weighted by Gasteiger charge is 2.52. The molecule has 0 aromatic heterocycles.